The van der Waals surface area contributed by atoms with E-state index in [2.05, 4.69) is 37.9 Å². The Kier molecular flexibility index (Phi) is 6.96. The van der Waals surface area contributed by atoms with Crippen molar-refractivity contribution in [3.8, 4) is 0 Å². The highest BCUT2D eigenvalue weighted by atomic mass is 16.5. The van der Waals surface area contributed by atoms with Crippen molar-refractivity contribution in [1.82, 2.24) is 30.7 Å². The van der Waals surface area contributed by atoms with Gasteiger partial charge in [-0.3, -0.25) is 25.6 Å². The van der Waals surface area contributed by atoms with E-state index in [1.54, 1.807) is 18.3 Å². The van der Waals surface area contributed by atoms with Crippen molar-refractivity contribution in [2.45, 2.75) is 32.6 Å². The van der Waals surface area contributed by atoms with Crippen LogP contribution in [0.3, 0.4) is 0 Å². The SMILES string of the molecule is CCCCC[C@@H](CN(O)C=O)C(=O)NNc1nnc2cccnc2n1. The molecule has 2 amide bonds. The number of anilines is 1. The maximum Gasteiger partial charge on any atom is 0.263 e. The summed E-state index contributed by atoms with van der Waals surface area (Å²) in [5, 5.41) is 17.6. The second-order valence-electron chi connectivity index (χ2n) is 5.52. The summed E-state index contributed by atoms with van der Waals surface area (Å²) in [4.78, 5) is 31.1. The van der Waals surface area contributed by atoms with Crippen molar-refractivity contribution in [1.29, 1.82) is 0 Å². The third-order valence-electron chi connectivity index (χ3n) is 3.58. The minimum absolute atomic E-state index is 0.0842. The molecule has 25 heavy (non-hydrogen) atoms. The number of hydrazine groups is 1. The fourth-order valence-electron chi connectivity index (χ4n) is 2.26. The van der Waals surface area contributed by atoms with Crippen molar-refractivity contribution in [2.75, 3.05) is 12.0 Å². The zero-order chi connectivity index (χ0) is 18.1. The van der Waals surface area contributed by atoms with Crippen LogP contribution in [-0.4, -0.2) is 49.3 Å². The molecule has 0 aliphatic heterocycles. The summed E-state index contributed by atoms with van der Waals surface area (Å²) in [6, 6.07) is 3.45. The van der Waals surface area contributed by atoms with Crippen LogP contribution in [-0.2, 0) is 9.59 Å². The highest BCUT2D eigenvalue weighted by molar-refractivity contribution is 5.80. The molecular formula is C15H21N7O3. The Hall–Kier alpha value is -2.88. The molecular weight excluding hydrogens is 326 g/mol. The number of amides is 2. The first-order valence-corrected chi connectivity index (χ1v) is 8.06. The first kappa shape index (κ1) is 18.5. The van der Waals surface area contributed by atoms with E-state index in [1.807, 2.05) is 0 Å². The van der Waals surface area contributed by atoms with Gasteiger partial charge in [-0.2, -0.15) is 4.98 Å². The quantitative estimate of drug-likeness (QED) is 0.250. The first-order chi connectivity index (χ1) is 12.1. The lowest BCUT2D eigenvalue weighted by atomic mass is 10.0. The summed E-state index contributed by atoms with van der Waals surface area (Å²) >= 11 is 0. The van der Waals surface area contributed by atoms with Gasteiger partial charge in [0.2, 0.25) is 12.3 Å². The number of hydrogen-bond acceptors (Lipinski definition) is 8. The minimum atomic E-state index is -0.555. The lowest BCUT2D eigenvalue weighted by Gasteiger charge is -2.19. The van der Waals surface area contributed by atoms with Crippen molar-refractivity contribution in [3.63, 3.8) is 0 Å². The Balaban J connectivity index is 1.96. The third kappa shape index (κ3) is 5.60. The van der Waals surface area contributed by atoms with Crippen LogP contribution in [0.1, 0.15) is 32.6 Å². The van der Waals surface area contributed by atoms with E-state index in [4.69, 9.17) is 0 Å². The van der Waals surface area contributed by atoms with E-state index < -0.39 is 5.92 Å². The molecule has 0 fully saturated rings. The van der Waals surface area contributed by atoms with Gasteiger partial charge in [0.05, 0.1) is 12.5 Å². The maximum absolute atomic E-state index is 12.3. The molecule has 10 nitrogen and oxygen atoms in total. The Morgan fingerprint density at radius 1 is 1.40 bits per heavy atom. The second kappa shape index (κ2) is 9.42. The normalized spacial score (nSPS) is 11.8. The molecule has 2 heterocycles. The van der Waals surface area contributed by atoms with E-state index in [0.29, 0.717) is 22.6 Å². The van der Waals surface area contributed by atoms with Crippen LogP contribution in [0.2, 0.25) is 0 Å². The highest BCUT2D eigenvalue weighted by Gasteiger charge is 2.20. The van der Waals surface area contributed by atoms with E-state index in [1.165, 1.54) is 0 Å². The predicted molar refractivity (Wildman–Crippen MR) is 89.1 cm³/mol. The van der Waals surface area contributed by atoms with E-state index >= 15 is 0 Å². The predicted octanol–water partition coefficient (Wildman–Crippen LogP) is 0.907. The van der Waals surface area contributed by atoms with Gasteiger partial charge in [-0.25, -0.2) is 10.0 Å². The Morgan fingerprint density at radius 2 is 2.24 bits per heavy atom. The molecule has 0 spiro atoms. The van der Waals surface area contributed by atoms with Crippen LogP contribution in [0.25, 0.3) is 11.2 Å². The van der Waals surface area contributed by atoms with Gasteiger partial charge in [-0.1, -0.05) is 26.2 Å². The molecule has 0 saturated heterocycles. The number of unbranched alkanes of at least 4 members (excludes halogenated alkanes) is 2. The van der Waals surface area contributed by atoms with Gasteiger partial charge < -0.3 is 0 Å². The summed E-state index contributed by atoms with van der Waals surface area (Å²) in [6.45, 7) is 1.97. The molecule has 10 heteroatoms. The molecule has 0 radical (unpaired) electrons. The van der Waals surface area contributed by atoms with Gasteiger partial charge in [0.15, 0.2) is 5.65 Å². The van der Waals surface area contributed by atoms with Crippen molar-refractivity contribution < 1.29 is 14.8 Å². The lowest BCUT2D eigenvalue weighted by molar-refractivity contribution is -0.154. The molecule has 2 aromatic heterocycles. The molecule has 0 saturated carbocycles. The average molecular weight is 347 g/mol. The third-order valence-corrected chi connectivity index (χ3v) is 3.58. The van der Waals surface area contributed by atoms with Crippen LogP contribution < -0.4 is 10.9 Å². The Labute approximate surface area is 144 Å². The number of rotatable bonds is 10. The molecule has 134 valence electrons. The summed E-state index contributed by atoms with van der Waals surface area (Å²) in [7, 11) is 0. The molecule has 3 N–H and O–H groups in total. The molecule has 2 aromatic rings. The average Bonchev–Trinajstić information content (AvgIpc) is 2.65. The summed E-state index contributed by atoms with van der Waals surface area (Å²) < 4.78 is 0. The Morgan fingerprint density at radius 3 is 3.00 bits per heavy atom. The number of aromatic nitrogens is 4. The highest BCUT2D eigenvalue weighted by Crippen LogP contribution is 2.12. The minimum Gasteiger partial charge on any atom is -0.286 e. The number of carbonyl (C=O) groups excluding carboxylic acids is 2. The maximum atomic E-state index is 12.3. The largest absolute Gasteiger partial charge is 0.286 e. The molecule has 0 aromatic carbocycles. The van der Waals surface area contributed by atoms with Gasteiger partial charge in [-0.05, 0) is 18.6 Å². The van der Waals surface area contributed by atoms with E-state index in [9.17, 15) is 14.8 Å². The zero-order valence-corrected chi connectivity index (χ0v) is 13.9. The van der Waals surface area contributed by atoms with Gasteiger partial charge in [0.1, 0.15) is 5.52 Å². The lowest BCUT2D eigenvalue weighted by Crippen LogP contribution is -2.40. The molecule has 2 rings (SSSR count). The topological polar surface area (TPSA) is 133 Å². The van der Waals surface area contributed by atoms with Crippen molar-refractivity contribution >= 4 is 29.4 Å². The van der Waals surface area contributed by atoms with Crippen LogP contribution in [0.5, 0.6) is 0 Å². The number of hydrogen-bond donors (Lipinski definition) is 3. The number of nitrogens with one attached hydrogen (secondary N) is 2. The van der Waals surface area contributed by atoms with Crippen LogP contribution in [0, 0.1) is 5.92 Å². The first-order valence-electron chi connectivity index (χ1n) is 8.06. The summed E-state index contributed by atoms with van der Waals surface area (Å²) in [6.07, 6.45) is 5.19. The molecule has 0 aliphatic carbocycles. The van der Waals surface area contributed by atoms with Crippen molar-refractivity contribution in [2.24, 2.45) is 5.92 Å². The van der Waals surface area contributed by atoms with Gasteiger partial charge in [0, 0.05) is 6.20 Å². The standard InChI is InChI=1S/C15H21N7O3/c1-2-3-4-6-11(9-22(25)10-23)14(24)19-21-15-17-13-12(18-20-15)7-5-8-16-13/h5,7-8,10-11,25H,2-4,6,9H2,1H3,(H,19,24)(H,16,17,20,21)/t11-/m0/s1. The van der Waals surface area contributed by atoms with Crippen LogP contribution in [0.4, 0.5) is 5.95 Å². The fraction of sp³-hybridized carbons (Fsp3) is 0.467. The van der Waals surface area contributed by atoms with Gasteiger partial charge in [0.25, 0.3) is 5.95 Å². The number of fused-ring (bicyclic) bond motifs is 1. The van der Waals surface area contributed by atoms with E-state index in [-0.39, 0.29) is 24.8 Å². The van der Waals surface area contributed by atoms with Crippen molar-refractivity contribution in [3.05, 3.63) is 18.3 Å². The van der Waals surface area contributed by atoms with E-state index in [0.717, 1.165) is 19.3 Å². The molecule has 0 bridgehead atoms. The second-order valence-corrected chi connectivity index (χ2v) is 5.52. The number of pyridine rings is 1. The van der Waals surface area contributed by atoms with Crippen LogP contribution in [0.15, 0.2) is 18.3 Å². The summed E-state index contributed by atoms with van der Waals surface area (Å²) in [5.74, 6) is -0.828. The molecule has 0 unspecified atom stereocenters. The summed E-state index contributed by atoms with van der Waals surface area (Å²) in [5.41, 5.74) is 6.01. The number of hydroxylamine groups is 2. The number of carbonyl (C=O) groups is 2. The zero-order valence-electron chi connectivity index (χ0n) is 13.9. The number of nitrogens with zero attached hydrogens (tertiary/aromatic N) is 5. The fourth-order valence-corrected chi connectivity index (χ4v) is 2.26. The van der Waals surface area contributed by atoms with Gasteiger partial charge in [-0.15, -0.1) is 10.2 Å². The smallest absolute Gasteiger partial charge is 0.263 e. The monoisotopic (exact) mass is 347 g/mol. The molecule has 0 aliphatic rings. The van der Waals surface area contributed by atoms with Crippen LogP contribution >= 0.6 is 0 Å². The van der Waals surface area contributed by atoms with Gasteiger partial charge >= 0.3 is 0 Å². The Bertz CT molecular complexity index is 712. The molecule has 1 atom stereocenters.